The third-order valence-electron chi connectivity index (χ3n) is 9.01. The average molecular weight is 531 g/mol. The van der Waals surface area contributed by atoms with Crippen molar-refractivity contribution >= 4 is 21.9 Å². The van der Waals surface area contributed by atoms with Crippen LogP contribution < -0.4 is 4.74 Å². The van der Waals surface area contributed by atoms with E-state index in [1.807, 2.05) is 6.08 Å². The fourth-order valence-electron chi connectivity index (χ4n) is 6.59. The Morgan fingerprint density at radius 3 is 2.11 bits per heavy atom. The fourth-order valence-corrected chi connectivity index (χ4v) is 6.59. The number of unbranched alkanes of at least 4 members (excludes halogenated alkanes) is 2. The molecule has 0 saturated heterocycles. The molecule has 0 radical (unpaired) electrons. The molecular weight excluding hydrogens is 492 g/mol. The predicted molar refractivity (Wildman–Crippen MR) is 144 cm³/mol. The Balaban J connectivity index is 1.35. The van der Waals surface area contributed by atoms with Gasteiger partial charge < -0.3 is 9.15 Å². The van der Waals surface area contributed by atoms with E-state index < -0.39 is 23.3 Å². The van der Waals surface area contributed by atoms with Gasteiger partial charge in [-0.3, -0.25) is 0 Å². The maximum absolute atomic E-state index is 15.3. The van der Waals surface area contributed by atoms with Gasteiger partial charge in [-0.2, -0.15) is 4.39 Å². The molecule has 0 aliphatic heterocycles. The second-order valence-electron chi connectivity index (χ2n) is 11.5. The Hall–Kier alpha value is -2.50. The molecule has 38 heavy (non-hydrogen) atoms. The topological polar surface area (TPSA) is 22.4 Å². The highest BCUT2D eigenvalue weighted by molar-refractivity contribution is 6.06. The van der Waals surface area contributed by atoms with Gasteiger partial charge in [0, 0.05) is 6.07 Å². The monoisotopic (exact) mass is 530 g/mol. The first-order valence-electron chi connectivity index (χ1n) is 14.4. The zero-order valence-corrected chi connectivity index (χ0v) is 22.3. The molecule has 2 aromatic carbocycles. The van der Waals surface area contributed by atoms with Crippen LogP contribution in [0, 0.1) is 41.0 Å². The molecule has 2 fully saturated rings. The van der Waals surface area contributed by atoms with E-state index >= 15 is 17.6 Å². The van der Waals surface area contributed by atoms with Crippen LogP contribution >= 0.6 is 0 Å². The first-order chi connectivity index (χ1) is 18.4. The van der Waals surface area contributed by atoms with Crippen LogP contribution in [-0.2, 0) is 0 Å². The Bertz CT molecular complexity index is 1280. The Morgan fingerprint density at radius 2 is 1.45 bits per heavy atom. The number of rotatable bonds is 9. The lowest BCUT2D eigenvalue weighted by molar-refractivity contribution is 0.172. The van der Waals surface area contributed by atoms with E-state index in [2.05, 4.69) is 13.5 Å². The summed E-state index contributed by atoms with van der Waals surface area (Å²) in [5.74, 6) is -3.65. The lowest BCUT2D eigenvalue weighted by Gasteiger charge is -2.28. The van der Waals surface area contributed by atoms with Gasteiger partial charge in [-0.15, -0.1) is 6.58 Å². The molecular formula is C32H38F4O2. The number of benzene rings is 2. The van der Waals surface area contributed by atoms with Crippen LogP contribution in [0.5, 0.6) is 5.75 Å². The molecule has 2 aliphatic carbocycles. The molecule has 3 aromatic rings. The molecule has 0 N–H and O–H groups in total. The number of hydrogen-bond acceptors (Lipinski definition) is 2. The summed E-state index contributed by atoms with van der Waals surface area (Å²) >= 11 is 0. The number of fused-ring (bicyclic) bond motifs is 3. The van der Waals surface area contributed by atoms with E-state index in [9.17, 15) is 0 Å². The normalized spacial score (nSPS) is 24.2. The lowest BCUT2D eigenvalue weighted by atomic mass is 9.78. The first-order valence-corrected chi connectivity index (χ1v) is 14.4. The highest BCUT2D eigenvalue weighted by Gasteiger charge is 2.30. The molecule has 0 unspecified atom stereocenters. The molecule has 0 amide bonds. The van der Waals surface area contributed by atoms with Crippen molar-refractivity contribution < 1.29 is 26.7 Å². The Morgan fingerprint density at radius 1 is 0.816 bits per heavy atom. The maximum Gasteiger partial charge on any atom is 0.201 e. The summed E-state index contributed by atoms with van der Waals surface area (Å²) < 4.78 is 72.2. The molecule has 6 heteroatoms. The van der Waals surface area contributed by atoms with E-state index in [4.69, 9.17) is 9.15 Å². The zero-order chi connectivity index (χ0) is 26.8. The maximum atomic E-state index is 15.3. The van der Waals surface area contributed by atoms with Gasteiger partial charge in [0.2, 0.25) is 5.82 Å². The van der Waals surface area contributed by atoms with Crippen molar-refractivity contribution in [1.29, 1.82) is 0 Å². The molecule has 1 aromatic heterocycles. The van der Waals surface area contributed by atoms with Crippen molar-refractivity contribution in [2.75, 3.05) is 6.61 Å². The molecule has 0 atom stereocenters. The summed E-state index contributed by atoms with van der Waals surface area (Å²) in [5.41, 5.74) is 0.218. The number of hydrogen-bond donors (Lipinski definition) is 0. The van der Waals surface area contributed by atoms with E-state index in [0.717, 1.165) is 44.4 Å². The van der Waals surface area contributed by atoms with Crippen molar-refractivity contribution in [2.24, 2.45) is 17.8 Å². The third-order valence-corrected chi connectivity index (χ3v) is 9.01. The number of furan rings is 1. The van der Waals surface area contributed by atoms with E-state index in [1.54, 1.807) is 0 Å². The minimum absolute atomic E-state index is 0.0246. The summed E-state index contributed by atoms with van der Waals surface area (Å²) in [4.78, 5) is 0. The lowest BCUT2D eigenvalue weighted by Crippen LogP contribution is -2.20. The molecule has 1 heterocycles. The van der Waals surface area contributed by atoms with Crippen molar-refractivity contribution in [1.82, 2.24) is 0 Å². The van der Waals surface area contributed by atoms with Crippen molar-refractivity contribution in [3.63, 3.8) is 0 Å². The standard InChI is InChI=1S/C32H38F4O2/c1-3-5-6-7-20-8-10-21(11-9-20)18-37-26-17-25-28(32(36)30(26)34)27-24(38-25)16-23(29(33)31(27)35)22-14-12-19(4-2)13-15-22/h4,16-17,19-22H,2-3,5-15,18H2,1H3. The SMILES string of the molecule is C=CC1CCC(c2cc3oc4cc(OCC5CCC(CCCCC)CC5)c(F)c(F)c4c3c(F)c2F)CC1. The van der Waals surface area contributed by atoms with E-state index in [1.165, 1.54) is 37.8 Å². The minimum atomic E-state index is -1.27. The van der Waals surface area contributed by atoms with Gasteiger partial charge in [0.1, 0.15) is 11.2 Å². The van der Waals surface area contributed by atoms with Gasteiger partial charge in [-0.25, -0.2) is 13.2 Å². The summed E-state index contributed by atoms with van der Waals surface area (Å²) in [6, 6.07) is 2.74. The third kappa shape index (κ3) is 5.33. The number of allylic oxidation sites excluding steroid dienone is 1. The van der Waals surface area contributed by atoms with Crippen LogP contribution in [0.1, 0.15) is 95.5 Å². The summed E-state index contributed by atoms with van der Waals surface area (Å²) in [6.45, 7) is 6.34. The summed E-state index contributed by atoms with van der Waals surface area (Å²) in [6.07, 6.45) is 14.4. The molecule has 0 spiro atoms. The van der Waals surface area contributed by atoms with E-state index in [0.29, 0.717) is 25.4 Å². The molecule has 2 saturated carbocycles. The predicted octanol–water partition coefficient (Wildman–Crippen LogP) is 10.4. The first kappa shape index (κ1) is 27.1. The van der Waals surface area contributed by atoms with Crippen LogP contribution in [0.2, 0.25) is 0 Å². The smallest absolute Gasteiger partial charge is 0.201 e. The van der Waals surface area contributed by atoms with Gasteiger partial charge in [-0.05, 0) is 73.8 Å². The van der Waals surface area contributed by atoms with Gasteiger partial charge in [0.25, 0.3) is 0 Å². The second kappa shape index (κ2) is 11.7. The Kier molecular flexibility index (Phi) is 8.35. The second-order valence-corrected chi connectivity index (χ2v) is 11.5. The minimum Gasteiger partial charge on any atom is -0.490 e. The Labute approximate surface area is 222 Å². The van der Waals surface area contributed by atoms with Crippen LogP contribution in [0.15, 0.2) is 29.2 Å². The largest absolute Gasteiger partial charge is 0.490 e. The van der Waals surface area contributed by atoms with E-state index in [-0.39, 0.29) is 45.1 Å². The molecule has 2 aliphatic rings. The molecule has 5 rings (SSSR count). The van der Waals surface area contributed by atoms with Crippen LogP contribution in [-0.4, -0.2) is 6.61 Å². The highest BCUT2D eigenvalue weighted by atomic mass is 19.2. The van der Waals surface area contributed by atoms with Crippen molar-refractivity contribution in [2.45, 2.75) is 89.9 Å². The quantitative estimate of drug-likeness (QED) is 0.156. The van der Waals surface area contributed by atoms with Crippen LogP contribution in [0.25, 0.3) is 21.9 Å². The number of ether oxygens (including phenoxy) is 1. The molecule has 2 nitrogen and oxygen atoms in total. The van der Waals surface area contributed by atoms with Crippen LogP contribution in [0.3, 0.4) is 0 Å². The van der Waals surface area contributed by atoms with Gasteiger partial charge >= 0.3 is 0 Å². The molecule has 0 bridgehead atoms. The molecule has 206 valence electrons. The summed E-state index contributed by atoms with van der Waals surface area (Å²) in [5, 5.41) is -0.735. The van der Waals surface area contributed by atoms with Crippen molar-refractivity contribution in [3.8, 4) is 5.75 Å². The van der Waals surface area contributed by atoms with Gasteiger partial charge in [-0.1, -0.05) is 51.5 Å². The summed E-state index contributed by atoms with van der Waals surface area (Å²) in [7, 11) is 0. The van der Waals surface area contributed by atoms with Gasteiger partial charge in [0.05, 0.1) is 17.4 Å². The van der Waals surface area contributed by atoms with Crippen LogP contribution in [0.4, 0.5) is 17.6 Å². The van der Waals surface area contributed by atoms with Crippen molar-refractivity contribution in [3.05, 3.63) is 53.6 Å². The zero-order valence-electron chi connectivity index (χ0n) is 22.3. The fraction of sp³-hybridized carbons (Fsp3) is 0.562. The van der Waals surface area contributed by atoms with Gasteiger partial charge in [0.15, 0.2) is 23.2 Å². The number of halogens is 4. The average Bonchev–Trinajstić information content (AvgIpc) is 3.31. The highest BCUT2D eigenvalue weighted by Crippen LogP contribution is 2.43.